The van der Waals surface area contributed by atoms with Crippen molar-refractivity contribution in [2.24, 2.45) is 5.92 Å². The van der Waals surface area contributed by atoms with Gasteiger partial charge in [0.05, 0.1) is 6.07 Å². The average Bonchev–Trinajstić information content (AvgIpc) is 2.16. The van der Waals surface area contributed by atoms with E-state index >= 15 is 0 Å². The van der Waals surface area contributed by atoms with Crippen LogP contribution in [-0.4, -0.2) is 6.04 Å². The number of halogens is 1. The fourth-order valence-corrected chi connectivity index (χ4v) is 1.34. The van der Waals surface area contributed by atoms with Crippen LogP contribution < -0.4 is 5.32 Å². The minimum absolute atomic E-state index is 0.129. The summed E-state index contributed by atoms with van der Waals surface area (Å²) in [4.78, 5) is 0. The van der Waals surface area contributed by atoms with Gasteiger partial charge in [0.2, 0.25) is 0 Å². The molecule has 0 fully saturated rings. The smallest absolute Gasteiger partial charge is 0.116 e. The Morgan fingerprint density at radius 2 is 1.86 bits per heavy atom. The highest BCUT2D eigenvalue weighted by atomic mass is 79.9. The van der Waals surface area contributed by atoms with Gasteiger partial charge in [-0.3, -0.25) is 0 Å². The first-order valence-electron chi connectivity index (χ1n) is 4.55. The topological polar surface area (TPSA) is 35.8 Å². The molecular weight excluding hydrogens is 240 g/mol. The summed E-state index contributed by atoms with van der Waals surface area (Å²) in [6.45, 7) is 4.06. The predicted octanol–water partition coefficient (Wildman–Crippen LogP) is 3.41. The Labute approximate surface area is 93.1 Å². The van der Waals surface area contributed by atoms with Crippen molar-refractivity contribution in [2.45, 2.75) is 19.9 Å². The molecule has 0 heterocycles. The van der Waals surface area contributed by atoms with Gasteiger partial charge in [-0.15, -0.1) is 0 Å². The van der Waals surface area contributed by atoms with Gasteiger partial charge in [0.1, 0.15) is 6.04 Å². The Balaban J connectivity index is 2.69. The number of hydrogen-bond acceptors (Lipinski definition) is 2. The summed E-state index contributed by atoms with van der Waals surface area (Å²) < 4.78 is 1.04. The highest BCUT2D eigenvalue weighted by Crippen LogP contribution is 2.16. The molecule has 1 N–H and O–H groups in total. The highest BCUT2D eigenvalue weighted by Gasteiger charge is 2.10. The molecule has 3 heteroatoms. The van der Waals surface area contributed by atoms with Crippen molar-refractivity contribution in [2.75, 3.05) is 5.32 Å². The zero-order valence-electron chi connectivity index (χ0n) is 8.29. The molecule has 0 radical (unpaired) electrons. The number of benzene rings is 1. The summed E-state index contributed by atoms with van der Waals surface area (Å²) in [6, 6.07) is 9.93. The van der Waals surface area contributed by atoms with Crippen molar-refractivity contribution in [1.82, 2.24) is 0 Å². The number of nitrogens with one attached hydrogen (secondary N) is 1. The lowest BCUT2D eigenvalue weighted by Crippen LogP contribution is -2.23. The molecule has 1 unspecified atom stereocenters. The molecule has 0 saturated heterocycles. The second kappa shape index (κ2) is 5.02. The van der Waals surface area contributed by atoms with E-state index in [1.54, 1.807) is 0 Å². The second-order valence-electron chi connectivity index (χ2n) is 3.50. The first kappa shape index (κ1) is 11.1. The molecule has 0 bridgehead atoms. The molecule has 0 aliphatic heterocycles. The number of nitriles is 1. The van der Waals surface area contributed by atoms with E-state index in [9.17, 15) is 0 Å². The van der Waals surface area contributed by atoms with E-state index in [2.05, 4.69) is 27.3 Å². The van der Waals surface area contributed by atoms with Crippen molar-refractivity contribution in [3.63, 3.8) is 0 Å². The van der Waals surface area contributed by atoms with Gasteiger partial charge in [0, 0.05) is 10.2 Å². The van der Waals surface area contributed by atoms with Crippen LogP contribution >= 0.6 is 15.9 Å². The lowest BCUT2D eigenvalue weighted by Gasteiger charge is -2.15. The van der Waals surface area contributed by atoms with Gasteiger partial charge >= 0.3 is 0 Å². The second-order valence-corrected chi connectivity index (χ2v) is 4.42. The van der Waals surface area contributed by atoms with Crippen LogP contribution in [0, 0.1) is 17.2 Å². The minimum Gasteiger partial charge on any atom is -0.370 e. The molecule has 0 aromatic heterocycles. The average molecular weight is 253 g/mol. The lowest BCUT2D eigenvalue weighted by molar-refractivity contribution is 0.609. The summed E-state index contributed by atoms with van der Waals surface area (Å²) in [5.41, 5.74) is 0.980. The van der Waals surface area contributed by atoms with Crippen molar-refractivity contribution in [3.8, 4) is 6.07 Å². The molecular formula is C11H13BrN2. The molecule has 1 aromatic rings. The predicted molar refractivity (Wildman–Crippen MR) is 62.0 cm³/mol. The summed E-state index contributed by atoms with van der Waals surface area (Å²) in [6.07, 6.45) is 0. The van der Waals surface area contributed by atoms with Gasteiger partial charge in [-0.05, 0) is 30.2 Å². The summed E-state index contributed by atoms with van der Waals surface area (Å²) in [5, 5.41) is 12.1. The van der Waals surface area contributed by atoms with E-state index in [1.807, 2.05) is 38.1 Å². The van der Waals surface area contributed by atoms with Crippen molar-refractivity contribution in [1.29, 1.82) is 5.26 Å². The van der Waals surface area contributed by atoms with Gasteiger partial charge < -0.3 is 5.32 Å². The molecule has 1 aromatic carbocycles. The van der Waals surface area contributed by atoms with Crippen LogP contribution in [0.15, 0.2) is 28.7 Å². The maximum Gasteiger partial charge on any atom is 0.116 e. The molecule has 14 heavy (non-hydrogen) atoms. The monoisotopic (exact) mass is 252 g/mol. The Kier molecular flexibility index (Phi) is 3.97. The highest BCUT2D eigenvalue weighted by molar-refractivity contribution is 9.10. The van der Waals surface area contributed by atoms with Crippen LogP contribution in [-0.2, 0) is 0 Å². The molecule has 0 aliphatic carbocycles. The Morgan fingerprint density at radius 1 is 1.29 bits per heavy atom. The van der Waals surface area contributed by atoms with Gasteiger partial charge in [-0.2, -0.15) is 5.26 Å². The van der Waals surface area contributed by atoms with Gasteiger partial charge in [-0.1, -0.05) is 29.8 Å². The quantitative estimate of drug-likeness (QED) is 0.895. The van der Waals surface area contributed by atoms with Gasteiger partial charge in [0.15, 0.2) is 0 Å². The van der Waals surface area contributed by atoms with E-state index in [1.165, 1.54) is 0 Å². The standard InChI is InChI=1S/C11H13BrN2/c1-8(2)11(7-13)14-10-5-3-9(12)4-6-10/h3-6,8,11,14H,1-2H3. The van der Waals surface area contributed by atoms with Crippen LogP contribution in [0.1, 0.15) is 13.8 Å². The SMILES string of the molecule is CC(C)C(C#N)Nc1ccc(Br)cc1. The molecule has 2 nitrogen and oxygen atoms in total. The number of rotatable bonds is 3. The Bertz CT molecular complexity index is 324. The maximum atomic E-state index is 8.89. The summed E-state index contributed by atoms with van der Waals surface area (Å²) in [5.74, 6) is 0.309. The molecule has 74 valence electrons. The van der Waals surface area contributed by atoms with Crippen molar-refractivity contribution in [3.05, 3.63) is 28.7 Å². The van der Waals surface area contributed by atoms with E-state index in [4.69, 9.17) is 5.26 Å². The molecule has 1 rings (SSSR count). The first-order chi connectivity index (χ1) is 6.63. The van der Waals surface area contributed by atoms with Crippen LogP contribution in [0.25, 0.3) is 0 Å². The zero-order valence-corrected chi connectivity index (χ0v) is 9.88. The van der Waals surface area contributed by atoms with E-state index in [0.717, 1.165) is 10.2 Å². The van der Waals surface area contributed by atoms with Crippen molar-refractivity contribution >= 4 is 21.6 Å². The third kappa shape index (κ3) is 3.04. The third-order valence-corrected chi connectivity index (χ3v) is 2.50. The first-order valence-corrected chi connectivity index (χ1v) is 5.34. The summed E-state index contributed by atoms with van der Waals surface area (Å²) in [7, 11) is 0. The maximum absolute atomic E-state index is 8.89. The van der Waals surface area contributed by atoms with E-state index in [-0.39, 0.29) is 6.04 Å². The van der Waals surface area contributed by atoms with Gasteiger partial charge in [-0.25, -0.2) is 0 Å². The Hall–Kier alpha value is -1.01. The minimum atomic E-state index is -0.129. The van der Waals surface area contributed by atoms with Gasteiger partial charge in [0.25, 0.3) is 0 Å². The van der Waals surface area contributed by atoms with Crippen LogP contribution in [0.4, 0.5) is 5.69 Å². The number of anilines is 1. The fraction of sp³-hybridized carbons (Fsp3) is 0.364. The van der Waals surface area contributed by atoms with Crippen molar-refractivity contribution < 1.29 is 0 Å². The van der Waals surface area contributed by atoms with Crippen LogP contribution in [0.3, 0.4) is 0 Å². The van der Waals surface area contributed by atoms with E-state index in [0.29, 0.717) is 5.92 Å². The Morgan fingerprint density at radius 3 is 2.29 bits per heavy atom. The summed E-state index contributed by atoms with van der Waals surface area (Å²) >= 11 is 3.36. The largest absolute Gasteiger partial charge is 0.370 e. The zero-order chi connectivity index (χ0) is 10.6. The lowest BCUT2D eigenvalue weighted by atomic mass is 10.1. The number of nitrogens with zero attached hydrogens (tertiary/aromatic N) is 1. The van der Waals surface area contributed by atoms with Crippen LogP contribution in [0.5, 0.6) is 0 Å². The van der Waals surface area contributed by atoms with Crippen LogP contribution in [0.2, 0.25) is 0 Å². The fourth-order valence-electron chi connectivity index (χ4n) is 1.07. The molecule has 0 spiro atoms. The molecule has 0 amide bonds. The molecule has 1 atom stereocenters. The van der Waals surface area contributed by atoms with E-state index < -0.39 is 0 Å². The molecule has 0 aliphatic rings. The molecule has 0 saturated carbocycles. The number of hydrogen-bond donors (Lipinski definition) is 1. The normalized spacial score (nSPS) is 12.2. The third-order valence-electron chi connectivity index (χ3n) is 1.97.